The van der Waals surface area contributed by atoms with Gasteiger partial charge in [-0.05, 0) is 47.2 Å². The summed E-state index contributed by atoms with van der Waals surface area (Å²) in [6.45, 7) is 2.61. The first-order valence-electron chi connectivity index (χ1n) is 10.1. The summed E-state index contributed by atoms with van der Waals surface area (Å²) in [4.78, 5) is 40.3. The maximum atomic E-state index is 13.0. The normalized spacial score (nSPS) is 22.6. The molecule has 0 radical (unpaired) electrons. The van der Waals surface area contributed by atoms with E-state index in [1.54, 1.807) is 0 Å². The Labute approximate surface area is 174 Å². The van der Waals surface area contributed by atoms with Crippen molar-refractivity contribution in [2.45, 2.75) is 38.3 Å². The van der Waals surface area contributed by atoms with E-state index < -0.39 is 22.9 Å². The fraction of sp³-hybridized carbons (Fsp3) is 0.375. The number of hydrogen-bond donors (Lipinski definition) is 0. The van der Waals surface area contributed by atoms with Crippen molar-refractivity contribution in [3.8, 4) is 0 Å². The Bertz CT molecular complexity index is 1100. The molecule has 0 bridgehead atoms. The van der Waals surface area contributed by atoms with Gasteiger partial charge in [-0.2, -0.15) is 0 Å². The van der Waals surface area contributed by atoms with E-state index in [9.17, 15) is 14.4 Å². The van der Waals surface area contributed by atoms with Gasteiger partial charge in [0.2, 0.25) is 0 Å². The van der Waals surface area contributed by atoms with Crippen LogP contribution in [0.3, 0.4) is 0 Å². The minimum atomic E-state index is -1.34. The Morgan fingerprint density at radius 2 is 1.53 bits per heavy atom. The molecule has 5 rings (SSSR count). The maximum Gasteiger partial charge on any atom is 0.323 e. The van der Waals surface area contributed by atoms with E-state index in [1.165, 1.54) is 14.2 Å². The van der Waals surface area contributed by atoms with Crippen LogP contribution in [-0.4, -0.2) is 37.0 Å². The van der Waals surface area contributed by atoms with Crippen molar-refractivity contribution in [1.29, 1.82) is 0 Å². The first-order chi connectivity index (χ1) is 14.4. The molecule has 1 unspecified atom stereocenters. The highest BCUT2D eigenvalue weighted by Crippen LogP contribution is 2.49. The molecule has 2 aromatic carbocycles. The Morgan fingerprint density at radius 3 is 2.23 bits per heavy atom. The molecule has 3 aliphatic rings. The predicted octanol–water partition coefficient (Wildman–Crippen LogP) is 2.54. The summed E-state index contributed by atoms with van der Waals surface area (Å²) in [5.41, 5.74) is 4.18. The number of esters is 2. The second-order valence-corrected chi connectivity index (χ2v) is 8.65. The lowest BCUT2D eigenvalue weighted by atomic mass is 9.78. The van der Waals surface area contributed by atoms with Gasteiger partial charge in [0.25, 0.3) is 5.91 Å². The number of benzene rings is 2. The van der Waals surface area contributed by atoms with E-state index in [-0.39, 0.29) is 18.7 Å². The lowest BCUT2D eigenvalue weighted by Crippen LogP contribution is -2.46. The van der Waals surface area contributed by atoms with E-state index in [0.717, 1.165) is 33.4 Å². The number of fused-ring (bicyclic) bond motifs is 6. The van der Waals surface area contributed by atoms with Crippen LogP contribution in [0.15, 0.2) is 36.4 Å². The average molecular weight is 405 g/mol. The number of methoxy groups -OCH3 is 2. The van der Waals surface area contributed by atoms with Crippen LogP contribution in [-0.2, 0) is 50.4 Å². The number of hydrogen-bond acceptors (Lipinski definition) is 5. The molecular formula is C24H23NO5. The third kappa shape index (κ3) is 2.22. The summed E-state index contributed by atoms with van der Waals surface area (Å²) >= 11 is 0. The van der Waals surface area contributed by atoms with Gasteiger partial charge in [0.05, 0.1) is 19.8 Å². The van der Waals surface area contributed by atoms with Crippen molar-refractivity contribution in [2.24, 2.45) is 5.41 Å². The van der Waals surface area contributed by atoms with Gasteiger partial charge in [0.1, 0.15) is 0 Å². The molecule has 0 fully saturated rings. The highest BCUT2D eigenvalue weighted by molar-refractivity contribution is 6.02. The Hall–Kier alpha value is -3.15. The predicted molar refractivity (Wildman–Crippen MR) is 108 cm³/mol. The van der Waals surface area contributed by atoms with Crippen LogP contribution in [0.1, 0.15) is 45.1 Å². The summed E-state index contributed by atoms with van der Waals surface area (Å²) < 4.78 is 9.99. The van der Waals surface area contributed by atoms with Gasteiger partial charge in [0, 0.05) is 24.9 Å². The molecule has 6 heteroatoms. The highest BCUT2D eigenvalue weighted by atomic mass is 16.5. The molecule has 154 valence electrons. The topological polar surface area (TPSA) is 72.9 Å². The number of nitrogens with zero attached hydrogens (tertiary/aromatic N) is 1. The second kappa shape index (κ2) is 6.17. The number of rotatable bonds is 2. The standard InChI is InChI=1S/C24H23NO5/c1-23-11-17-15(13-25(23)20(26)16-6-4-5-7-19(16)23)9-8-14-10-24(12-18(14)17,21(27)29-2)22(28)30-3/h4-9H,10-13H2,1-3H3. The summed E-state index contributed by atoms with van der Waals surface area (Å²) in [6, 6.07) is 11.8. The summed E-state index contributed by atoms with van der Waals surface area (Å²) in [5.74, 6) is -1.08. The van der Waals surface area contributed by atoms with Gasteiger partial charge in [-0.3, -0.25) is 14.4 Å². The minimum absolute atomic E-state index is 0.0534. The molecule has 1 aliphatic carbocycles. The largest absolute Gasteiger partial charge is 0.468 e. The smallest absolute Gasteiger partial charge is 0.323 e. The summed E-state index contributed by atoms with van der Waals surface area (Å²) in [6.07, 6.45) is 1.17. The van der Waals surface area contributed by atoms with Gasteiger partial charge in [-0.25, -0.2) is 0 Å². The van der Waals surface area contributed by atoms with Crippen molar-refractivity contribution in [3.63, 3.8) is 0 Å². The molecule has 0 spiro atoms. The molecule has 1 amide bonds. The van der Waals surface area contributed by atoms with Crippen molar-refractivity contribution >= 4 is 17.8 Å². The molecule has 30 heavy (non-hydrogen) atoms. The van der Waals surface area contributed by atoms with Crippen LogP contribution in [0.2, 0.25) is 0 Å². The van der Waals surface area contributed by atoms with Crippen molar-refractivity contribution < 1.29 is 23.9 Å². The fourth-order valence-electron chi connectivity index (χ4n) is 5.60. The monoisotopic (exact) mass is 405 g/mol. The fourth-order valence-corrected chi connectivity index (χ4v) is 5.60. The highest BCUT2D eigenvalue weighted by Gasteiger charge is 2.55. The SMILES string of the molecule is COC(=O)C1(C(=O)OC)Cc2ccc3c(c2C1)CC1(C)c2ccccc2C(=O)N1C3. The minimum Gasteiger partial charge on any atom is -0.468 e. The van der Waals surface area contributed by atoms with Crippen LogP contribution >= 0.6 is 0 Å². The molecule has 0 saturated carbocycles. The quantitative estimate of drug-likeness (QED) is 0.567. The first-order valence-corrected chi connectivity index (χ1v) is 10.1. The van der Waals surface area contributed by atoms with E-state index >= 15 is 0 Å². The van der Waals surface area contributed by atoms with Crippen molar-refractivity contribution in [3.05, 3.63) is 69.8 Å². The van der Waals surface area contributed by atoms with Gasteiger partial charge in [0.15, 0.2) is 5.41 Å². The Balaban J connectivity index is 1.62. The van der Waals surface area contributed by atoms with Gasteiger partial charge in [-0.15, -0.1) is 0 Å². The molecule has 2 heterocycles. The zero-order chi connectivity index (χ0) is 21.3. The van der Waals surface area contributed by atoms with Gasteiger partial charge < -0.3 is 14.4 Å². The van der Waals surface area contributed by atoms with E-state index in [4.69, 9.17) is 9.47 Å². The first kappa shape index (κ1) is 18.9. The molecule has 2 aromatic rings. The van der Waals surface area contributed by atoms with E-state index in [2.05, 4.69) is 6.92 Å². The number of amides is 1. The molecule has 1 atom stereocenters. The van der Waals surface area contributed by atoms with E-state index in [1.807, 2.05) is 41.3 Å². The third-order valence-corrected chi connectivity index (χ3v) is 7.18. The summed E-state index contributed by atoms with van der Waals surface area (Å²) in [5, 5.41) is 0. The molecule has 0 saturated heterocycles. The Morgan fingerprint density at radius 1 is 0.900 bits per heavy atom. The third-order valence-electron chi connectivity index (χ3n) is 7.18. The average Bonchev–Trinajstić information content (AvgIpc) is 3.27. The van der Waals surface area contributed by atoms with Crippen molar-refractivity contribution in [2.75, 3.05) is 14.2 Å². The lowest BCUT2D eigenvalue weighted by Gasteiger charge is -2.42. The maximum absolute atomic E-state index is 13.0. The Kier molecular flexibility index (Phi) is 3.88. The van der Waals surface area contributed by atoms with Crippen molar-refractivity contribution in [1.82, 2.24) is 4.90 Å². The zero-order valence-corrected chi connectivity index (χ0v) is 17.3. The van der Waals surface area contributed by atoms with Crippen LogP contribution in [0.5, 0.6) is 0 Å². The number of ether oxygens (including phenoxy) is 2. The number of carbonyl (C=O) groups is 3. The molecule has 6 nitrogen and oxygen atoms in total. The van der Waals surface area contributed by atoms with Gasteiger partial charge in [-0.1, -0.05) is 30.3 Å². The zero-order valence-electron chi connectivity index (χ0n) is 17.3. The lowest BCUT2D eigenvalue weighted by molar-refractivity contribution is -0.168. The van der Waals surface area contributed by atoms with Crippen LogP contribution < -0.4 is 0 Å². The van der Waals surface area contributed by atoms with Crippen LogP contribution in [0.4, 0.5) is 0 Å². The van der Waals surface area contributed by atoms with Crippen LogP contribution in [0, 0.1) is 5.41 Å². The van der Waals surface area contributed by atoms with E-state index in [0.29, 0.717) is 13.0 Å². The molecule has 0 N–H and O–H groups in total. The molecular weight excluding hydrogens is 382 g/mol. The summed E-state index contributed by atoms with van der Waals surface area (Å²) in [7, 11) is 2.59. The number of carbonyl (C=O) groups excluding carboxylic acids is 3. The molecule has 0 aromatic heterocycles. The second-order valence-electron chi connectivity index (χ2n) is 8.65. The molecule has 2 aliphatic heterocycles. The van der Waals surface area contributed by atoms with Gasteiger partial charge >= 0.3 is 11.9 Å². The van der Waals surface area contributed by atoms with Crippen LogP contribution in [0.25, 0.3) is 0 Å².